The molecule has 1 aromatic rings. The highest BCUT2D eigenvalue weighted by Crippen LogP contribution is 2.33. The van der Waals surface area contributed by atoms with Crippen molar-refractivity contribution in [3.63, 3.8) is 0 Å². The van der Waals surface area contributed by atoms with Crippen LogP contribution in [0.2, 0.25) is 0 Å². The summed E-state index contributed by atoms with van der Waals surface area (Å²) in [6.45, 7) is 3.21. The number of carbonyl (C=O) groups is 4. The summed E-state index contributed by atoms with van der Waals surface area (Å²) in [6, 6.07) is 3.75. The first-order chi connectivity index (χ1) is 18.1. The summed E-state index contributed by atoms with van der Waals surface area (Å²) < 4.78 is 22.5. The second-order valence-corrected chi connectivity index (χ2v) is 9.60. The van der Waals surface area contributed by atoms with E-state index in [4.69, 9.17) is 18.9 Å². The van der Waals surface area contributed by atoms with Crippen molar-refractivity contribution in [2.24, 2.45) is 5.92 Å². The van der Waals surface area contributed by atoms with E-state index in [-0.39, 0.29) is 42.9 Å². The van der Waals surface area contributed by atoms with Crippen LogP contribution in [0.15, 0.2) is 18.2 Å². The fourth-order valence-corrected chi connectivity index (χ4v) is 5.08. The number of nitrogens with one attached hydrogen (secondary N) is 1. The standard InChI is InChI=1S/C27H36N2O8/c30-23-10-9-21(25(31)28-23)29-26(32)20-7-4-8-22(24(20)27(29)33)37-18-17-36-16-15-35-14-13-34-12-11-19-5-2-1-3-6-19/h4,7-8,19,21H,1-3,5-6,9-18H2,(H,28,30,31). The van der Waals surface area contributed by atoms with E-state index in [0.29, 0.717) is 26.4 Å². The van der Waals surface area contributed by atoms with Crippen molar-refractivity contribution in [2.75, 3.05) is 46.2 Å². The Hall–Kier alpha value is -2.82. The van der Waals surface area contributed by atoms with Crippen molar-refractivity contribution in [1.82, 2.24) is 10.2 Å². The zero-order valence-corrected chi connectivity index (χ0v) is 21.2. The lowest BCUT2D eigenvalue weighted by Crippen LogP contribution is -2.54. The van der Waals surface area contributed by atoms with Crippen molar-refractivity contribution >= 4 is 23.6 Å². The number of rotatable bonds is 14. The Balaban J connectivity index is 1.11. The molecule has 2 fully saturated rings. The van der Waals surface area contributed by atoms with Crippen molar-refractivity contribution in [2.45, 2.75) is 57.4 Å². The van der Waals surface area contributed by atoms with Crippen LogP contribution in [0, 0.1) is 5.92 Å². The highest BCUT2D eigenvalue weighted by Gasteiger charge is 2.45. The van der Waals surface area contributed by atoms with Crippen LogP contribution in [-0.2, 0) is 23.8 Å². The monoisotopic (exact) mass is 516 g/mol. The SMILES string of the molecule is O=C1CCC(N2C(=O)c3cccc(OCCOCCOCCOCCC4CCCCC4)c3C2=O)C(=O)N1. The molecule has 37 heavy (non-hydrogen) atoms. The smallest absolute Gasteiger partial charge is 0.266 e. The van der Waals surface area contributed by atoms with Crippen LogP contribution in [0.5, 0.6) is 5.75 Å². The van der Waals surface area contributed by atoms with Crippen molar-refractivity contribution in [3.8, 4) is 5.75 Å². The van der Waals surface area contributed by atoms with Gasteiger partial charge in [-0.25, -0.2) is 0 Å². The molecule has 0 bridgehead atoms. The minimum absolute atomic E-state index is 0.0711. The summed E-state index contributed by atoms with van der Waals surface area (Å²) in [4.78, 5) is 50.5. The van der Waals surface area contributed by atoms with Gasteiger partial charge in [-0.3, -0.25) is 29.4 Å². The Morgan fingerprint density at radius 2 is 1.46 bits per heavy atom. The molecule has 1 atom stereocenters. The van der Waals surface area contributed by atoms with Gasteiger partial charge in [0.15, 0.2) is 0 Å². The van der Waals surface area contributed by atoms with Gasteiger partial charge >= 0.3 is 0 Å². The molecule has 4 rings (SSSR count). The van der Waals surface area contributed by atoms with Crippen molar-refractivity contribution in [3.05, 3.63) is 29.3 Å². The Morgan fingerprint density at radius 1 is 0.784 bits per heavy atom. The van der Waals surface area contributed by atoms with Gasteiger partial charge in [0.05, 0.1) is 44.2 Å². The predicted molar refractivity (Wildman–Crippen MR) is 132 cm³/mol. The van der Waals surface area contributed by atoms with E-state index in [1.807, 2.05) is 0 Å². The quantitative estimate of drug-likeness (QED) is 0.296. The first-order valence-electron chi connectivity index (χ1n) is 13.3. The molecule has 0 radical (unpaired) electrons. The molecule has 2 heterocycles. The summed E-state index contributed by atoms with van der Waals surface area (Å²) in [7, 11) is 0. The average Bonchev–Trinajstić information content (AvgIpc) is 3.15. The molecule has 0 aromatic heterocycles. The molecule has 1 saturated heterocycles. The second-order valence-electron chi connectivity index (χ2n) is 9.60. The molecule has 1 aromatic carbocycles. The summed E-state index contributed by atoms with van der Waals surface area (Å²) in [5.41, 5.74) is 0.312. The lowest BCUT2D eigenvalue weighted by atomic mass is 9.87. The van der Waals surface area contributed by atoms with Gasteiger partial charge in [0.2, 0.25) is 11.8 Å². The molecule has 1 saturated carbocycles. The summed E-state index contributed by atoms with van der Waals surface area (Å²) in [6.07, 6.45) is 8.07. The number of amides is 4. The molecular formula is C27H36N2O8. The van der Waals surface area contributed by atoms with Gasteiger partial charge in [-0.05, 0) is 30.9 Å². The lowest BCUT2D eigenvalue weighted by Gasteiger charge is -2.27. The van der Waals surface area contributed by atoms with Gasteiger partial charge in [-0.2, -0.15) is 0 Å². The molecule has 202 valence electrons. The lowest BCUT2D eigenvalue weighted by molar-refractivity contribution is -0.136. The van der Waals surface area contributed by atoms with E-state index in [1.54, 1.807) is 12.1 Å². The third-order valence-corrected chi connectivity index (χ3v) is 7.05. The predicted octanol–water partition coefficient (Wildman–Crippen LogP) is 2.49. The summed E-state index contributed by atoms with van der Waals surface area (Å²) >= 11 is 0. The van der Waals surface area contributed by atoms with Gasteiger partial charge in [0, 0.05) is 13.0 Å². The number of benzene rings is 1. The Labute approximate surface area is 216 Å². The first kappa shape index (κ1) is 27.2. The van der Waals surface area contributed by atoms with E-state index in [9.17, 15) is 19.2 Å². The highest BCUT2D eigenvalue weighted by molar-refractivity contribution is 6.24. The third kappa shape index (κ3) is 7.15. The van der Waals surface area contributed by atoms with Gasteiger partial charge in [0.1, 0.15) is 18.4 Å². The van der Waals surface area contributed by atoms with Crippen LogP contribution >= 0.6 is 0 Å². The van der Waals surface area contributed by atoms with Crippen molar-refractivity contribution < 1.29 is 38.1 Å². The number of hydrogen-bond acceptors (Lipinski definition) is 8. The Bertz CT molecular complexity index is 975. The molecule has 3 aliphatic rings. The number of hydrogen-bond donors (Lipinski definition) is 1. The Morgan fingerprint density at radius 3 is 2.16 bits per heavy atom. The molecule has 10 heteroatoms. The Kier molecular flexibility index (Phi) is 10.0. The topological polar surface area (TPSA) is 120 Å². The molecule has 1 unspecified atom stereocenters. The van der Waals surface area contributed by atoms with E-state index in [0.717, 1.165) is 23.8 Å². The van der Waals surface area contributed by atoms with Gasteiger partial charge < -0.3 is 18.9 Å². The first-order valence-corrected chi connectivity index (χ1v) is 13.3. The van der Waals surface area contributed by atoms with Crippen LogP contribution in [0.25, 0.3) is 0 Å². The van der Waals surface area contributed by atoms with Gasteiger partial charge in [-0.1, -0.05) is 38.2 Å². The maximum atomic E-state index is 13.0. The van der Waals surface area contributed by atoms with E-state index in [1.165, 1.54) is 38.2 Å². The van der Waals surface area contributed by atoms with Crippen LogP contribution < -0.4 is 10.1 Å². The number of ether oxygens (including phenoxy) is 4. The van der Waals surface area contributed by atoms with Crippen LogP contribution in [0.4, 0.5) is 0 Å². The van der Waals surface area contributed by atoms with Gasteiger partial charge in [-0.15, -0.1) is 0 Å². The normalized spacial score (nSPS) is 20.3. The van der Waals surface area contributed by atoms with Crippen LogP contribution in [0.1, 0.15) is 72.1 Å². The number of carbonyl (C=O) groups excluding carboxylic acids is 4. The molecule has 2 aliphatic heterocycles. The number of imide groups is 2. The minimum Gasteiger partial charge on any atom is -0.490 e. The molecule has 1 N–H and O–H groups in total. The minimum atomic E-state index is -1.01. The zero-order valence-electron chi connectivity index (χ0n) is 21.2. The number of fused-ring (bicyclic) bond motifs is 1. The average molecular weight is 517 g/mol. The zero-order chi connectivity index (χ0) is 26.0. The van der Waals surface area contributed by atoms with Crippen LogP contribution in [-0.4, -0.2) is 80.8 Å². The molecular weight excluding hydrogens is 480 g/mol. The fraction of sp³-hybridized carbons (Fsp3) is 0.630. The second kappa shape index (κ2) is 13.6. The molecule has 10 nitrogen and oxygen atoms in total. The molecule has 1 aliphatic carbocycles. The largest absolute Gasteiger partial charge is 0.490 e. The van der Waals surface area contributed by atoms with Crippen molar-refractivity contribution in [1.29, 1.82) is 0 Å². The van der Waals surface area contributed by atoms with Gasteiger partial charge in [0.25, 0.3) is 11.8 Å². The third-order valence-electron chi connectivity index (χ3n) is 7.05. The van der Waals surface area contributed by atoms with E-state index in [2.05, 4.69) is 5.32 Å². The summed E-state index contributed by atoms with van der Waals surface area (Å²) in [5, 5.41) is 2.19. The number of nitrogens with zero attached hydrogens (tertiary/aromatic N) is 1. The number of piperidine rings is 1. The molecule has 4 amide bonds. The van der Waals surface area contributed by atoms with E-state index >= 15 is 0 Å². The maximum Gasteiger partial charge on any atom is 0.266 e. The van der Waals surface area contributed by atoms with Crippen LogP contribution in [0.3, 0.4) is 0 Å². The maximum absolute atomic E-state index is 13.0. The highest BCUT2D eigenvalue weighted by atomic mass is 16.6. The van der Waals surface area contributed by atoms with E-state index < -0.39 is 29.7 Å². The fourth-order valence-electron chi connectivity index (χ4n) is 5.08. The molecule has 0 spiro atoms. The summed E-state index contributed by atoms with van der Waals surface area (Å²) in [5.74, 6) is -1.13.